The number of aromatic amines is 1. The number of aromatic hydroxyl groups is 1. The molecule has 1 aromatic heterocycles. The molecular formula is C28H30N4O4. The van der Waals surface area contributed by atoms with Crippen LogP contribution in [0.3, 0.4) is 0 Å². The molecule has 0 radical (unpaired) electrons. The minimum Gasteiger partial charge on any atom is -0.508 e. The molecule has 0 aliphatic rings. The lowest BCUT2D eigenvalue weighted by Gasteiger charge is -2.11. The number of nitro benzene ring substituents is 1. The van der Waals surface area contributed by atoms with Crippen molar-refractivity contribution < 1.29 is 14.8 Å². The number of amides is 1. The van der Waals surface area contributed by atoms with Crippen LogP contribution in [0.4, 0.5) is 5.69 Å². The Bertz CT molecular complexity index is 1330. The number of nitrogens with zero attached hydrogens (tertiary/aromatic N) is 1. The third-order valence-corrected chi connectivity index (χ3v) is 6.21. The maximum atomic E-state index is 12.9. The standard InChI is InChI=1S/C28H30N4O4/c33-24-11-12-27-25(17-24)22(19-31-27)13-15-29-18-21-9-10-23(32(35)36)16-26(21)28(34)30-14-5-4-8-20-6-2-1-3-7-20/h1-3,6-7,9-12,16-17,19,29,31,33H,4-5,8,13-15,18H2,(H,30,34). The first-order valence-electron chi connectivity index (χ1n) is 12.1. The molecule has 8 nitrogen and oxygen atoms in total. The van der Waals surface area contributed by atoms with Crippen LogP contribution in [0.2, 0.25) is 0 Å². The second kappa shape index (κ2) is 12.0. The zero-order valence-corrected chi connectivity index (χ0v) is 20.0. The smallest absolute Gasteiger partial charge is 0.270 e. The Balaban J connectivity index is 1.32. The number of aryl methyl sites for hydroxylation is 1. The van der Waals surface area contributed by atoms with Crippen LogP contribution < -0.4 is 10.6 Å². The van der Waals surface area contributed by atoms with Gasteiger partial charge in [0.05, 0.1) is 10.5 Å². The molecular weight excluding hydrogens is 456 g/mol. The molecule has 0 saturated heterocycles. The number of phenolic OH excluding ortho intramolecular Hbond substituents is 1. The number of H-pyrrole nitrogens is 1. The fraction of sp³-hybridized carbons (Fsp3) is 0.250. The van der Waals surface area contributed by atoms with Crippen molar-refractivity contribution in [1.82, 2.24) is 15.6 Å². The highest BCUT2D eigenvalue weighted by molar-refractivity contribution is 5.96. The maximum absolute atomic E-state index is 12.9. The van der Waals surface area contributed by atoms with Crippen LogP contribution in [0.5, 0.6) is 5.75 Å². The van der Waals surface area contributed by atoms with Gasteiger partial charge in [0.1, 0.15) is 5.75 Å². The van der Waals surface area contributed by atoms with Gasteiger partial charge in [-0.25, -0.2) is 0 Å². The van der Waals surface area contributed by atoms with Gasteiger partial charge < -0.3 is 20.7 Å². The molecule has 1 heterocycles. The number of rotatable bonds is 12. The molecule has 0 saturated carbocycles. The van der Waals surface area contributed by atoms with E-state index in [4.69, 9.17) is 0 Å². The molecule has 0 aliphatic heterocycles. The number of carbonyl (C=O) groups is 1. The molecule has 8 heteroatoms. The molecule has 36 heavy (non-hydrogen) atoms. The van der Waals surface area contributed by atoms with Gasteiger partial charge in [0.25, 0.3) is 11.6 Å². The first-order chi connectivity index (χ1) is 17.5. The first-order valence-corrected chi connectivity index (χ1v) is 12.1. The van der Waals surface area contributed by atoms with E-state index in [0.29, 0.717) is 30.8 Å². The fourth-order valence-electron chi connectivity index (χ4n) is 4.26. The minimum atomic E-state index is -0.486. The molecule has 0 spiro atoms. The van der Waals surface area contributed by atoms with Gasteiger partial charge in [-0.15, -0.1) is 0 Å². The molecule has 0 atom stereocenters. The highest BCUT2D eigenvalue weighted by Crippen LogP contribution is 2.23. The van der Waals surface area contributed by atoms with Crippen LogP contribution in [-0.2, 0) is 19.4 Å². The lowest BCUT2D eigenvalue weighted by atomic mass is 10.0. The first kappa shape index (κ1) is 24.9. The van der Waals surface area contributed by atoms with Crippen molar-refractivity contribution in [3.8, 4) is 5.75 Å². The summed E-state index contributed by atoms with van der Waals surface area (Å²) in [6.45, 7) is 1.55. The van der Waals surface area contributed by atoms with Crippen LogP contribution in [0.1, 0.15) is 39.9 Å². The van der Waals surface area contributed by atoms with Gasteiger partial charge in [-0.3, -0.25) is 14.9 Å². The topological polar surface area (TPSA) is 120 Å². The summed E-state index contributed by atoms with van der Waals surface area (Å²) in [5.74, 6) is -0.0831. The zero-order valence-electron chi connectivity index (χ0n) is 20.0. The normalized spacial score (nSPS) is 11.0. The van der Waals surface area contributed by atoms with Crippen molar-refractivity contribution in [2.75, 3.05) is 13.1 Å². The Morgan fingerprint density at radius 3 is 2.58 bits per heavy atom. The van der Waals surface area contributed by atoms with E-state index in [9.17, 15) is 20.0 Å². The SMILES string of the molecule is O=C(NCCCCc1ccccc1)c1cc([N+](=O)[O-])ccc1CNCCc1c[nH]c2ccc(O)cc12. The summed E-state index contributed by atoms with van der Waals surface area (Å²) in [5.41, 5.74) is 4.22. The highest BCUT2D eigenvalue weighted by atomic mass is 16.6. The Kier molecular flexibility index (Phi) is 8.31. The summed E-state index contributed by atoms with van der Waals surface area (Å²) >= 11 is 0. The number of fused-ring (bicyclic) bond motifs is 1. The summed E-state index contributed by atoms with van der Waals surface area (Å²) in [6, 6.07) is 19.8. The second-order valence-electron chi connectivity index (χ2n) is 8.77. The molecule has 4 rings (SSSR count). The summed E-state index contributed by atoms with van der Waals surface area (Å²) in [4.78, 5) is 26.9. The summed E-state index contributed by atoms with van der Waals surface area (Å²) in [5, 5.41) is 28.3. The number of unbranched alkanes of at least 4 members (excludes halogenated alkanes) is 1. The number of nitrogens with one attached hydrogen (secondary N) is 3. The highest BCUT2D eigenvalue weighted by Gasteiger charge is 2.16. The van der Waals surface area contributed by atoms with E-state index < -0.39 is 4.92 Å². The van der Waals surface area contributed by atoms with Crippen molar-refractivity contribution in [2.45, 2.75) is 32.2 Å². The van der Waals surface area contributed by atoms with Crippen molar-refractivity contribution in [1.29, 1.82) is 0 Å². The summed E-state index contributed by atoms with van der Waals surface area (Å²) < 4.78 is 0. The van der Waals surface area contributed by atoms with Gasteiger partial charge in [-0.2, -0.15) is 0 Å². The number of aromatic nitrogens is 1. The van der Waals surface area contributed by atoms with Crippen LogP contribution in [0, 0.1) is 10.1 Å². The van der Waals surface area contributed by atoms with Gasteiger partial charge in [0, 0.05) is 42.3 Å². The Morgan fingerprint density at radius 2 is 1.78 bits per heavy atom. The number of hydrogen-bond acceptors (Lipinski definition) is 5. The van der Waals surface area contributed by atoms with Gasteiger partial charge in [0.2, 0.25) is 0 Å². The lowest BCUT2D eigenvalue weighted by Crippen LogP contribution is -2.27. The van der Waals surface area contributed by atoms with Crippen LogP contribution in [0.15, 0.2) is 72.9 Å². The Labute approximate surface area is 209 Å². The molecule has 3 aromatic carbocycles. The van der Waals surface area contributed by atoms with Gasteiger partial charge in [-0.1, -0.05) is 36.4 Å². The molecule has 4 aromatic rings. The zero-order chi connectivity index (χ0) is 25.3. The van der Waals surface area contributed by atoms with Crippen molar-refractivity contribution in [2.24, 2.45) is 0 Å². The van der Waals surface area contributed by atoms with E-state index in [1.807, 2.05) is 30.5 Å². The van der Waals surface area contributed by atoms with Gasteiger partial charge in [-0.05, 0) is 67.1 Å². The number of non-ortho nitro benzene ring substituents is 1. The van der Waals surface area contributed by atoms with Crippen LogP contribution >= 0.6 is 0 Å². The average molecular weight is 487 g/mol. The number of carbonyl (C=O) groups excluding carboxylic acids is 1. The average Bonchev–Trinajstić information content (AvgIpc) is 3.28. The number of phenols is 1. The quantitative estimate of drug-likeness (QED) is 0.129. The van der Waals surface area contributed by atoms with E-state index in [1.165, 1.54) is 17.7 Å². The van der Waals surface area contributed by atoms with Crippen molar-refractivity contribution in [3.05, 3.63) is 105 Å². The summed E-state index contributed by atoms with van der Waals surface area (Å²) in [7, 11) is 0. The molecule has 0 aliphatic carbocycles. The molecule has 4 N–H and O–H groups in total. The van der Waals surface area contributed by atoms with E-state index >= 15 is 0 Å². The van der Waals surface area contributed by atoms with Crippen LogP contribution in [-0.4, -0.2) is 34.0 Å². The van der Waals surface area contributed by atoms with Gasteiger partial charge in [0.15, 0.2) is 0 Å². The minimum absolute atomic E-state index is 0.105. The largest absolute Gasteiger partial charge is 0.508 e. The number of nitro groups is 1. The van der Waals surface area contributed by atoms with E-state index in [-0.39, 0.29) is 17.3 Å². The molecule has 0 bridgehead atoms. The van der Waals surface area contributed by atoms with Crippen molar-refractivity contribution in [3.63, 3.8) is 0 Å². The third-order valence-electron chi connectivity index (χ3n) is 6.21. The predicted molar refractivity (Wildman–Crippen MR) is 140 cm³/mol. The fourth-order valence-corrected chi connectivity index (χ4v) is 4.26. The Morgan fingerprint density at radius 1 is 0.944 bits per heavy atom. The summed E-state index contributed by atoms with van der Waals surface area (Å²) in [6.07, 6.45) is 5.36. The number of hydrogen-bond donors (Lipinski definition) is 4. The van der Waals surface area contributed by atoms with Crippen LogP contribution in [0.25, 0.3) is 10.9 Å². The molecule has 0 unspecified atom stereocenters. The van der Waals surface area contributed by atoms with E-state index in [2.05, 4.69) is 27.8 Å². The molecule has 0 fully saturated rings. The van der Waals surface area contributed by atoms with Crippen molar-refractivity contribution >= 4 is 22.5 Å². The monoisotopic (exact) mass is 486 g/mol. The molecule has 1 amide bonds. The third kappa shape index (κ3) is 6.49. The second-order valence-corrected chi connectivity index (χ2v) is 8.77. The molecule has 186 valence electrons. The lowest BCUT2D eigenvalue weighted by molar-refractivity contribution is -0.384. The van der Waals surface area contributed by atoms with Gasteiger partial charge >= 0.3 is 0 Å². The van der Waals surface area contributed by atoms with E-state index in [1.54, 1.807) is 18.2 Å². The number of benzene rings is 3. The maximum Gasteiger partial charge on any atom is 0.270 e. The Hall–Kier alpha value is -4.17. The van der Waals surface area contributed by atoms with E-state index in [0.717, 1.165) is 42.1 Å². The predicted octanol–water partition coefficient (Wildman–Crippen LogP) is 4.87.